The second-order valence-corrected chi connectivity index (χ2v) is 4.52. The average molecular weight is 210 g/mol. The van der Waals surface area contributed by atoms with Gasteiger partial charge in [-0.2, -0.15) is 9.98 Å². The van der Waals surface area contributed by atoms with Gasteiger partial charge in [-0.1, -0.05) is 34.1 Å². The zero-order valence-electron chi connectivity index (χ0n) is 9.78. The Balaban J connectivity index is 4.76. The summed E-state index contributed by atoms with van der Waals surface area (Å²) in [5.41, 5.74) is -0.315. The van der Waals surface area contributed by atoms with Crippen LogP contribution in [0.15, 0.2) is 9.98 Å². The minimum absolute atomic E-state index is 0.315. The van der Waals surface area contributed by atoms with Gasteiger partial charge in [0, 0.05) is 5.41 Å². The third-order valence-electron chi connectivity index (χ3n) is 2.62. The van der Waals surface area contributed by atoms with E-state index in [9.17, 15) is 9.59 Å². The van der Waals surface area contributed by atoms with E-state index in [4.69, 9.17) is 0 Å². The van der Waals surface area contributed by atoms with Gasteiger partial charge in [-0.15, -0.1) is 0 Å². The van der Waals surface area contributed by atoms with Crippen LogP contribution >= 0.6 is 0 Å². The van der Waals surface area contributed by atoms with E-state index in [1.807, 2.05) is 13.8 Å². The predicted molar refractivity (Wildman–Crippen MR) is 57.9 cm³/mol. The van der Waals surface area contributed by atoms with Gasteiger partial charge in [0.25, 0.3) is 0 Å². The number of aliphatic imine (C=N–C) groups is 2. The molecule has 0 aromatic rings. The van der Waals surface area contributed by atoms with Gasteiger partial charge in [0.1, 0.15) is 0 Å². The van der Waals surface area contributed by atoms with E-state index >= 15 is 0 Å². The van der Waals surface area contributed by atoms with Crippen molar-refractivity contribution in [1.29, 1.82) is 0 Å². The normalized spacial score (nSPS) is 14.7. The van der Waals surface area contributed by atoms with Gasteiger partial charge in [0.2, 0.25) is 12.2 Å². The topological polar surface area (TPSA) is 58.9 Å². The first kappa shape index (κ1) is 13.8. The zero-order valence-corrected chi connectivity index (χ0v) is 9.78. The van der Waals surface area contributed by atoms with Crippen molar-refractivity contribution in [2.45, 2.75) is 46.7 Å². The van der Waals surface area contributed by atoms with Crippen molar-refractivity contribution in [1.82, 2.24) is 0 Å². The quantitative estimate of drug-likeness (QED) is 0.499. The lowest BCUT2D eigenvalue weighted by Crippen LogP contribution is -2.28. The van der Waals surface area contributed by atoms with Crippen molar-refractivity contribution in [3.05, 3.63) is 0 Å². The maximum Gasteiger partial charge on any atom is 0.237 e. The molecule has 4 heteroatoms. The van der Waals surface area contributed by atoms with Crippen LogP contribution in [0.3, 0.4) is 0 Å². The van der Waals surface area contributed by atoms with Gasteiger partial charge < -0.3 is 0 Å². The second-order valence-electron chi connectivity index (χ2n) is 4.52. The smallest absolute Gasteiger partial charge is 0.211 e. The van der Waals surface area contributed by atoms with Crippen LogP contribution in [0.1, 0.15) is 40.5 Å². The van der Waals surface area contributed by atoms with E-state index in [0.717, 1.165) is 12.8 Å². The summed E-state index contributed by atoms with van der Waals surface area (Å²) in [7, 11) is 0. The van der Waals surface area contributed by atoms with Crippen LogP contribution in [-0.4, -0.2) is 18.3 Å². The molecule has 15 heavy (non-hydrogen) atoms. The van der Waals surface area contributed by atoms with Gasteiger partial charge in [0.15, 0.2) is 6.17 Å². The van der Waals surface area contributed by atoms with E-state index < -0.39 is 6.17 Å². The highest BCUT2D eigenvalue weighted by Gasteiger charge is 2.30. The Kier molecular flexibility index (Phi) is 5.76. The molecule has 0 spiro atoms. The summed E-state index contributed by atoms with van der Waals surface area (Å²) in [6.45, 7) is 8.09. The number of hydrogen-bond acceptors (Lipinski definition) is 4. The van der Waals surface area contributed by atoms with Crippen LogP contribution in [0, 0.1) is 11.3 Å². The molecular formula is C11H18N2O2. The molecule has 1 unspecified atom stereocenters. The summed E-state index contributed by atoms with van der Waals surface area (Å²) in [6.07, 6.45) is 4.14. The molecule has 0 saturated heterocycles. The second kappa shape index (κ2) is 6.28. The van der Waals surface area contributed by atoms with Gasteiger partial charge >= 0.3 is 0 Å². The van der Waals surface area contributed by atoms with Gasteiger partial charge in [-0.3, -0.25) is 0 Å². The summed E-state index contributed by atoms with van der Waals surface area (Å²) in [5, 5.41) is 0. The molecule has 0 aliphatic carbocycles. The molecule has 0 heterocycles. The van der Waals surface area contributed by atoms with Crippen molar-refractivity contribution >= 4 is 12.2 Å². The lowest BCUT2D eigenvalue weighted by molar-refractivity contribution is 0.225. The number of hydrogen-bond donors (Lipinski definition) is 0. The van der Waals surface area contributed by atoms with Gasteiger partial charge in [-0.25, -0.2) is 9.59 Å². The van der Waals surface area contributed by atoms with Crippen LogP contribution in [0.4, 0.5) is 0 Å². The molecule has 4 nitrogen and oxygen atoms in total. The van der Waals surface area contributed by atoms with Crippen molar-refractivity contribution in [2.75, 3.05) is 0 Å². The Morgan fingerprint density at radius 2 is 1.67 bits per heavy atom. The molecule has 0 aromatic heterocycles. The zero-order chi connectivity index (χ0) is 11.9. The van der Waals surface area contributed by atoms with Crippen molar-refractivity contribution in [2.24, 2.45) is 21.3 Å². The first-order valence-electron chi connectivity index (χ1n) is 5.12. The van der Waals surface area contributed by atoms with Crippen LogP contribution in [-0.2, 0) is 9.59 Å². The molecule has 84 valence electrons. The van der Waals surface area contributed by atoms with Crippen molar-refractivity contribution in [3.8, 4) is 0 Å². The monoisotopic (exact) mass is 210 g/mol. The van der Waals surface area contributed by atoms with Crippen LogP contribution < -0.4 is 0 Å². The highest BCUT2D eigenvalue weighted by molar-refractivity contribution is 5.37. The summed E-state index contributed by atoms with van der Waals surface area (Å²) >= 11 is 0. The largest absolute Gasteiger partial charge is 0.237 e. The molecule has 0 aromatic carbocycles. The Hall–Kier alpha value is -1.24. The molecule has 0 fully saturated rings. The Labute approximate surface area is 90.5 Å². The Bertz CT molecular complexity index is 269. The first-order valence-corrected chi connectivity index (χ1v) is 5.12. The summed E-state index contributed by atoms with van der Waals surface area (Å²) in [6, 6.07) is 0. The third kappa shape index (κ3) is 4.68. The molecule has 0 bridgehead atoms. The van der Waals surface area contributed by atoms with E-state index in [1.54, 1.807) is 0 Å². The van der Waals surface area contributed by atoms with Crippen molar-refractivity contribution in [3.63, 3.8) is 0 Å². The lowest BCUT2D eigenvalue weighted by atomic mass is 9.80. The number of isocyanates is 2. The molecule has 0 radical (unpaired) electrons. The molecule has 0 rings (SSSR count). The van der Waals surface area contributed by atoms with E-state index in [-0.39, 0.29) is 5.41 Å². The van der Waals surface area contributed by atoms with Crippen LogP contribution in [0.2, 0.25) is 0 Å². The van der Waals surface area contributed by atoms with Crippen LogP contribution in [0.25, 0.3) is 0 Å². The molecule has 1 atom stereocenters. The maximum absolute atomic E-state index is 10.2. The number of rotatable bonds is 6. The average Bonchev–Trinajstić information content (AvgIpc) is 2.16. The standard InChI is InChI=1S/C11H18N2O2/c1-5-9(2)6-11(3,4)10(12-7-14)13-8-15/h9-10H,5-6H2,1-4H3. The number of nitrogens with zero attached hydrogens (tertiary/aromatic N) is 2. The summed E-state index contributed by atoms with van der Waals surface area (Å²) < 4.78 is 0. The van der Waals surface area contributed by atoms with Crippen molar-refractivity contribution < 1.29 is 9.59 Å². The summed E-state index contributed by atoms with van der Waals surface area (Å²) in [5.74, 6) is 0.506. The highest BCUT2D eigenvalue weighted by atomic mass is 16.1. The fraction of sp³-hybridized carbons (Fsp3) is 0.818. The van der Waals surface area contributed by atoms with Crippen LogP contribution in [0.5, 0.6) is 0 Å². The van der Waals surface area contributed by atoms with E-state index in [1.165, 1.54) is 12.2 Å². The molecule has 0 aliphatic rings. The van der Waals surface area contributed by atoms with E-state index in [0.29, 0.717) is 5.92 Å². The lowest BCUT2D eigenvalue weighted by Gasteiger charge is -2.29. The summed E-state index contributed by atoms with van der Waals surface area (Å²) in [4.78, 5) is 27.5. The fourth-order valence-electron chi connectivity index (χ4n) is 1.63. The van der Waals surface area contributed by atoms with Gasteiger partial charge in [-0.05, 0) is 12.3 Å². The van der Waals surface area contributed by atoms with Gasteiger partial charge in [0.05, 0.1) is 0 Å². The Morgan fingerprint density at radius 3 is 2.00 bits per heavy atom. The molecular weight excluding hydrogens is 192 g/mol. The Morgan fingerprint density at radius 1 is 1.20 bits per heavy atom. The SMILES string of the molecule is CCC(C)CC(C)(C)C(N=C=O)N=C=O. The fourth-order valence-corrected chi connectivity index (χ4v) is 1.63. The third-order valence-corrected chi connectivity index (χ3v) is 2.62. The predicted octanol–water partition coefficient (Wildman–Crippen LogP) is 2.45. The minimum Gasteiger partial charge on any atom is -0.211 e. The minimum atomic E-state index is -0.665. The molecule has 0 N–H and O–H groups in total. The molecule has 0 amide bonds. The molecule has 0 aliphatic heterocycles. The maximum atomic E-state index is 10.2. The number of carbonyl (C=O) groups excluding carboxylic acids is 2. The highest BCUT2D eigenvalue weighted by Crippen LogP contribution is 2.32. The molecule has 0 saturated carbocycles. The first-order chi connectivity index (χ1) is 6.97. The van der Waals surface area contributed by atoms with E-state index in [2.05, 4.69) is 23.8 Å².